The molecule has 0 radical (unpaired) electrons. The summed E-state index contributed by atoms with van der Waals surface area (Å²) in [6, 6.07) is 6.68. The van der Waals surface area contributed by atoms with Gasteiger partial charge in [0.05, 0.1) is 7.11 Å². The molecule has 1 unspecified atom stereocenters. The van der Waals surface area contributed by atoms with Crippen molar-refractivity contribution in [2.24, 2.45) is 0 Å². The van der Waals surface area contributed by atoms with Crippen LogP contribution in [0.3, 0.4) is 0 Å². The summed E-state index contributed by atoms with van der Waals surface area (Å²) >= 11 is 0. The Bertz CT molecular complexity index is 470. The van der Waals surface area contributed by atoms with Crippen molar-refractivity contribution in [3.63, 3.8) is 0 Å². The predicted octanol–water partition coefficient (Wildman–Crippen LogP) is 2.14. The van der Waals surface area contributed by atoms with Gasteiger partial charge in [0.2, 0.25) is 0 Å². The molecule has 0 aliphatic rings. The number of benzene rings is 1. The molecule has 0 aliphatic carbocycles. The average Bonchev–Trinajstić information content (AvgIpc) is 2.47. The normalized spacial score (nSPS) is 11.6. The Morgan fingerprint density at radius 3 is 2.50 bits per heavy atom. The number of hydrogen-bond donors (Lipinski definition) is 1. The summed E-state index contributed by atoms with van der Waals surface area (Å²) in [5, 5.41) is 3.02. The summed E-state index contributed by atoms with van der Waals surface area (Å²) in [6.45, 7) is 6.95. The maximum atomic E-state index is 12.2. The Morgan fingerprint density at radius 2 is 1.95 bits per heavy atom. The Hall–Kier alpha value is -2.04. The molecule has 0 saturated heterocycles. The molecule has 0 spiro atoms. The van der Waals surface area contributed by atoms with Crippen LogP contribution in [0.25, 0.3) is 0 Å². The lowest BCUT2D eigenvalue weighted by atomic mass is 10.1. The minimum absolute atomic E-state index is 0.00984. The van der Waals surface area contributed by atoms with Gasteiger partial charge < -0.3 is 15.0 Å². The topological polar surface area (TPSA) is 58.6 Å². The third kappa shape index (κ3) is 3.98. The van der Waals surface area contributed by atoms with Crippen LogP contribution in [0.4, 0.5) is 5.69 Å². The standard InChI is InChI=1S/C15H22N2O3/c1-5-17(6-2)14(18)12-8-7-9-13(10-12)16-11(3)15(19)20-4/h7-11,16H,5-6H2,1-4H3. The molecule has 5 nitrogen and oxygen atoms in total. The van der Waals surface area contributed by atoms with Crippen molar-refractivity contribution in [1.29, 1.82) is 0 Å². The van der Waals surface area contributed by atoms with Crippen LogP contribution in [-0.4, -0.2) is 43.0 Å². The summed E-state index contributed by atoms with van der Waals surface area (Å²) in [4.78, 5) is 25.4. The molecule has 1 atom stereocenters. The van der Waals surface area contributed by atoms with Gasteiger partial charge in [-0.3, -0.25) is 4.79 Å². The number of anilines is 1. The molecule has 110 valence electrons. The molecule has 1 aromatic rings. The van der Waals surface area contributed by atoms with Crippen molar-refractivity contribution in [3.05, 3.63) is 29.8 Å². The van der Waals surface area contributed by atoms with Crippen LogP contribution in [-0.2, 0) is 9.53 Å². The Kier molecular flexibility index (Phi) is 6.03. The summed E-state index contributed by atoms with van der Waals surface area (Å²) in [5.41, 5.74) is 1.33. The van der Waals surface area contributed by atoms with Crippen molar-refractivity contribution in [2.45, 2.75) is 26.8 Å². The van der Waals surface area contributed by atoms with Crippen LogP contribution in [0, 0.1) is 0 Å². The van der Waals surface area contributed by atoms with Crippen molar-refractivity contribution in [1.82, 2.24) is 4.90 Å². The molecule has 0 heterocycles. The molecule has 0 fully saturated rings. The highest BCUT2D eigenvalue weighted by molar-refractivity contribution is 5.95. The number of methoxy groups -OCH3 is 1. The maximum absolute atomic E-state index is 12.2. The van der Waals surface area contributed by atoms with E-state index in [9.17, 15) is 9.59 Å². The zero-order chi connectivity index (χ0) is 15.1. The van der Waals surface area contributed by atoms with Crippen molar-refractivity contribution < 1.29 is 14.3 Å². The lowest BCUT2D eigenvalue weighted by Gasteiger charge is -2.19. The fourth-order valence-corrected chi connectivity index (χ4v) is 1.92. The molecule has 0 bridgehead atoms. The number of esters is 1. The second-order valence-corrected chi connectivity index (χ2v) is 4.45. The number of carbonyl (C=O) groups excluding carboxylic acids is 2. The molecule has 1 rings (SSSR count). The van der Waals surface area contributed by atoms with Crippen LogP contribution < -0.4 is 5.32 Å². The van der Waals surface area contributed by atoms with Gasteiger partial charge >= 0.3 is 5.97 Å². The van der Waals surface area contributed by atoms with Gasteiger partial charge in [0, 0.05) is 24.3 Å². The largest absolute Gasteiger partial charge is 0.467 e. The van der Waals surface area contributed by atoms with Gasteiger partial charge in [0.1, 0.15) is 6.04 Å². The minimum Gasteiger partial charge on any atom is -0.467 e. The fourth-order valence-electron chi connectivity index (χ4n) is 1.92. The van der Waals surface area contributed by atoms with Crippen LogP contribution in [0.1, 0.15) is 31.1 Å². The number of hydrogen-bond acceptors (Lipinski definition) is 4. The molecule has 20 heavy (non-hydrogen) atoms. The predicted molar refractivity (Wildman–Crippen MR) is 78.8 cm³/mol. The van der Waals surface area contributed by atoms with Crippen molar-refractivity contribution in [3.8, 4) is 0 Å². The van der Waals surface area contributed by atoms with Crippen molar-refractivity contribution >= 4 is 17.6 Å². The molecular formula is C15H22N2O3. The van der Waals surface area contributed by atoms with E-state index in [0.29, 0.717) is 18.7 Å². The lowest BCUT2D eigenvalue weighted by Crippen LogP contribution is -2.31. The molecule has 0 aromatic heterocycles. The Labute approximate surface area is 119 Å². The van der Waals surface area contributed by atoms with Crippen molar-refractivity contribution in [2.75, 3.05) is 25.5 Å². The van der Waals surface area contributed by atoms with Crippen LogP contribution in [0.15, 0.2) is 24.3 Å². The second kappa shape index (κ2) is 7.53. The van der Waals surface area contributed by atoms with Gasteiger partial charge in [-0.05, 0) is 39.0 Å². The Balaban J connectivity index is 2.85. The van der Waals surface area contributed by atoms with E-state index in [1.165, 1.54) is 7.11 Å². The van der Waals surface area contributed by atoms with E-state index >= 15 is 0 Å². The van der Waals surface area contributed by atoms with E-state index in [-0.39, 0.29) is 11.9 Å². The second-order valence-electron chi connectivity index (χ2n) is 4.45. The van der Waals surface area contributed by atoms with Crippen LogP contribution >= 0.6 is 0 Å². The van der Waals surface area contributed by atoms with E-state index < -0.39 is 6.04 Å². The number of nitrogens with zero attached hydrogens (tertiary/aromatic N) is 1. The highest BCUT2D eigenvalue weighted by Gasteiger charge is 2.15. The number of amides is 1. The quantitative estimate of drug-likeness (QED) is 0.810. The Morgan fingerprint density at radius 1 is 1.30 bits per heavy atom. The van der Waals surface area contributed by atoms with Gasteiger partial charge in [0.25, 0.3) is 5.91 Å². The third-order valence-corrected chi connectivity index (χ3v) is 3.10. The lowest BCUT2D eigenvalue weighted by molar-refractivity contribution is -0.141. The van der Waals surface area contributed by atoms with Gasteiger partial charge in [0.15, 0.2) is 0 Å². The maximum Gasteiger partial charge on any atom is 0.327 e. The summed E-state index contributed by atoms with van der Waals surface area (Å²) < 4.78 is 4.66. The summed E-state index contributed by atoms with van der Waals surface area (Å²) in [5.74, 6) is -0.352. The molecule has 1 amide bonds. The molecule has 5 heteroatoms. The smallest absolute Gasteiger partial charge is 0.327 e. The number of nitrogens with one attached hydrogen (secondary N) is 1. The minimum atomic E-state index is -0.459. The molecular weight excluding hydrogens is 256 g/mol. The first-order valence-electron chi connectivity index (χ1n) is 6.77. The van der Waals surface area contributed by atoms with Gasteiger partial charge in [-0.1, -0.05) is 6.07 Å². The molecule has 0 saturated carbocycles. The fraction of sp³-hybridized carbons (Fsp3) is 0.467. The summed E-state index contributed by atoms with van der Waals surface area (Å²) in [7, 11) is 1.35. The van der Waals surface area contributed by atoms with E-state index in [1.807, 2.05) is 19.9 Å². The summed E-state index contributed by atoms with van der Waals surface area (Å²) in [6.07, 6.45) is 0. The first-order chi connectivity index (χ1) is 9.53. The van der Waals surface area contributed by atoms with Gasteiger partial charge in [-0.15, -0.1) is 0 Å². The average molecular weight is 278 g/mol. The van der Waals surface area contributed by atoms with E-state index in [4.69, 9.17) is 0 Å². The van der Waals surface area contributed by atoms with Gasteiger partial charge in [-0.2, -0.15) is 0 Å². The van der Waals surface area contributed by atoms with Gasteiger partial charge in [-0.25, -0.2) is 4.79 Å². The number of rotatable bonds is 6. The highest BCUT2D eigenvalue weighted by Crippen LogP contribution is 2.14. The van der Waals surface area contributed by atoms with E-state index in [1.54, 1.807) is 30.0 Å². The first-order valence-corrected chi connectivity index (χ1v) is 6.77. The number of carbonyl (C=O) groups is 2. The SMILES string of the molecule is CCN(CC)C(=O)c1cccc(NC(C)C(=O)OC)c1. The van der Waals surface area contributed by atoms with E-state index in [0.717, 1.165) is 5.69 Å². The van der Waals surface area contributed by atoms with Crippen LogP contribution in [0.5, 0.6) is 0 Å². The monoisotopic (exact) mass is 278 g/mol. The number of ether oxygens (including phenoxy) is 1. The zero-order valence-electron chi connectivity index (χ0n) is 12.5. The van der Waals surface area contributed by atoms with E-state index in [2.05, 4.69) is 10.1 Å². The third-order valence-electron chi connectivity index (χ3n) is 3.10. The molecule has 1 N–H and O–H groups in total. The molecule has 1 aromatic carbocycles. The first kappa shape index (κ1) is 16.0. The highest BCUT2D eigenvalue weighted by atomic mass is 16.5. The van der Waals surface area contributed by atoms with Crippen LogP contribution in [0.2, 0.25) is 0 Å². The molecule has 0 aliphatic heterocycles. The zero-order valence-corrected chi connectivity index (χ0v) is 12.5.